The summed E-state index contributed by atoms with van der Waals surface area (Å²) in [5.41, 5.74) is 10.2. The number of nitrogen functional groups attached to an aromatic ring is 1. The highest BCUT2D eigenvalue weighted by molar-refractivity contribution is 5.96. The summed E-state index contributed by atoms with van der Waals surface area (Å²) in [4.78, 5) is 33.4. The van der Waals surface area contributed by atoms with Crippen LogP contribution in [0.5, 0.6) is 5.75 Å². The molecule has 1 aromatic heterocycles. The number of carbonyl (C=O) groups excluding carboxylic acids is 3. The first-order chi connectivity index (χ1) is 14.8. The molecule has 1 unspecified atom stereocenters. The number of ether oxygens (including phenoxy) is 1. The van der Waals surface area contributed by atoms with E-state index in [-0.39, 0.29) is 24.0 Å². The number of carbonyl (C=O) groups is 1. The molecule has 7 heteroatoms. The maximum Gasteiger partial charge on any atom is 0.373 e. The lowest BCUT2D eigenvalue weighted by Gasteiger charge is -2.23. The molecule has 1 heterocycles. The van der Waals surface area contributed by atoms with E-state index in [4.69, 9.17) is 20.1 Å². The van der Waals surface area contributed by atoms with Crippen LogP contribution in [-0.4, -0.2) is 29.7 Å². The zero-order valence-corrected chi connectivity index (χ0v) is 18.1. The monoisotopic (exact) mass is 421 g/mol. The van der Waals surface area contributed by atoms with Gasteiger partial charge in [0, 0.05) is 16.9 Å². The summed E-state index contributed by atoms with van der Waals surface area (Å²) in [6, 6.07) is 15.0. The number of aromatic nitrogens is 1. The van der Waals surface area contributed by atoms with Gasteiger partial charge in [-0.1, -0.05) is 37.6 Å². The van der Waals surface area contributed by atoms with Crippen LogP contribution in [0.1, 0.15) is 35.5 Å². The van der Waals surface area contributed by atoms with Gasteiger partial charge >= 0.3 is 6.15 Å². The van der Waals surface area contributed by atoms with Crippen molar-refractivity contribution in [2.75, 3.05) is 12.3 Å². The summed E-state index contributed by atoms with van der Waals surface area (Å²) in [7, 11) is 0. The van der Waals surface area contributed by atoms with Crippen LogP contribution >= 0.6 is 0 Å². The number of nitrogens with zero attached hydrogens (tertiary/aromatic N) is 1. The van der Waals surface area contributed by atoms with Gasteiger partial charge in [-0.05, 0) is 50.1 Å². The largest absolute Gasteiger partial charge is 0.491 e. The van der Waals surface area contributed by atoms with Crippen LogP contribution in [0.4, 0.5) is 5.69 Å². The maximum atomic E-state index is 12.6. The molecule has 3 aromatic rings. The number of pyridine rings is 1. The van der Waals surface area contributed by atoms with Gasteiger partial charge < -0.3 is 15.8 Å². The van der Waals surface area contributed by atoms with E-state index in [0.29, 0.717) is 23.6 Å². The third-order valence-electron chi connectivity index (χ3n) is 4.77. The van der Waals surface area contributed by atoms with Crippen molar-refractivity contribution in [3.8, 4) is 5.75 Å². The van der Waals surface area contributed by atoms with E-state index in [2.05, 4.69) is 24.1 Å². The van der Waals surface area contributed by atoms with Crippen molar-refractivity contribution in [1.29, 1.82) is 0 Å². The normalized spacial score (nSPS) is 11.3. The maximum absolute atomic E-state index is 12.6. The molecule has 0 aliphatic heterocycles. The topological polar surface area (TPSA) is 111 Å². The fourth-order valence-electron chi connectivity index (χ4n) is 3.16. The molecule has 0 radical (unpaired) electrons. The predicted octanol–water partition coefficient (Wildman–Crippen LogP) is 3.68. The molecular weight excluding hydrogens is 394 g/mol. The Morgan fingerprint density at radius 2 is 1.81 bits per heavy atom. The minimum atomic E-state index is -0.136. The van der Waals surface area contributed by atoms with E-state index >= 15 is 0 Å². The number of nitrogens with one attached hydrogen (secondary N) is 1. The molecule has 1 amide bonds. The lowest BCUT2D eigenvalue weighted by molar-refractivity contribution is -0.191. The third kappa shape index (κ3) is 6.39. The summed E-state index contributed by atoms with van der Waals surface area (Å²) in [6.07, 6.45) is 0.250. The van der Waals surface area contributed by atoms with Gasteiger partial charge in [0.05, 0.1) is 16.9 Å². The van der Waals surface area contributed by atoms with E-state index in [1.54, 1.807) is 0 Å². The Kier molecular flexibility index (Phi) is 8.29. The summed E-state index contributed by atoms with van der Waals surface area (Å²) in [5.74, 6) is 0.792. The number of anilines is 1. The lowest BCUT2D eigenvalue weighted by atomic mass is 10.0. The Labute approximate surface area is 181 Å². The standard InChI is InChI=1S/C23H27N3O2.CO2/c1-14(2)20(26-23(27)17-8-5-7-15(3)11-17)13-28-21-10-6-9-19-22(21)18(24)12-16(4)25-19;2-1-3/h5-12,14,20H,13H2,1-4H3,(H2,24,25)(H,26,27);. The van der Waals surface area contributed by atoms with Gasteiger partial charge in [-0.3, -0.25) is 9.78 Å². The van der Waals surface area contributed by atoms with E-state index in [9.17, 15) is 4.79 Å². The molecule has 3 N–H and O–H groups in total. The summed E-state index contributed by atoms with van der Waals surface area (Å²) in [6.45, 7) is 8.36. The summed E-state index contributed by atoms with van der Waals surface area (Å²) in [5, 5.41) is 3.90. The van der Waals surface area contributed by atoms with Gasteiger partial charge in [-0.25, -0.2) is 0 Å². The number of hydrogen-bond acceptors (Lipinski definition) is 6. The minimum Gasteiger partial charge on any atom is -0.491 e. The van der Waals surface area contributed by atoms with Gasteiger partial charge in [0.15, 0.2) is 0 Å². The van der Waals surface area contributed by atoms with Crippen LogP contribution in [0.15, 0.2) is 48.5 Å². The Bertz CT molecular complexity index is 1090. The minimum absolute atomic E-state index is 0.0966. The Balaban J connectivity index is 0.00000107. The molecule has 0 aliphatic carbocycles. The van der Waals surface area contributed by atoms with Crippen molar-refractivity contribution in [2.24, 2.45) is 5.92 Å². The smallest absolute Gasteiger partial charge is 0.373 e. The average molecular weight is 421 g/mol. The van der Waals surface area contributed by atoms with E-state index in [0.717, 1.165) is 22.2 Å². The molecule has 2 aromatic carbocycles. The SMILES string of the molecule is Cc1cccc(C(=O)NC(COc2cccc3nc(C)cc(N)c23)C(C)C)c1.O=C=O. The van der Waals surface area contributed by atoms with Crippen LogP contribution in [0.3, 0.4) is 0 Å². The van der Waals surface area contributed by atoms with E-state index in [1.807, 2.05) is 62.4 Å². The predicted molar refractivity (Wildman–Crippen MR) is 119 cm³/mol. The highest BCUT2D eigenvalue weighted by Gasteiger charge is 2.19. The molecule has 3 rings (SSSR count). The molecule has 0 spiro atoms. The second-order valence-corrected chi connectivity index (χ2v) is 7.59. The van der Waals surface area contributed by atoms with Crippen molar-refractivity contribution in [1.82, 2.24) is 10.3 Å². The van der Waals surface area contributed by atoms with Crippen LogP contribution in [0.2, 0.25) is 0 Å². The third-order valence-corrected chi connectivity index (χ3v) is 4.77. The molecule has 0 aliphatic rings. The number of rotatable bonds is 6. The van der Waals surface area contributed by atoms with Crippen LogP contribution in [-0.2, 0) is 9.59 Å². The van der Waals surface area contributed by atoms with Crippen molar-refractivity contribution in [2.45, 2.75) is 33.7 Å². The highest BCUT2D eigenvalue weighted by Crippen LogP contribution is 2.30. The molecule has 162 valence electrons. The highest BCUT2D eigenvalue weighted by atomic mass is 16.5. The Morgan fingerprint density at radius 3 is 2.45 bits per heavy atom. The zero-order valence-electron chi connectivity index (χ0n) is 18.1. The summed E-state index contributed by atoms with van der Waals surface area (Å²) >= 11 is 0. The van der Waals surface area contributed by atoms with Crippen molar-refractivity contribution < 1.29 is 19.1 Å². The number of nitrogens with two attached hydrogens (primary N) is 1. The van der Waals surface area contributed by atoms with E-state index < -0.39 is 0 Å². The number of fused-ring (bicyclic) bond motifs is 1. The second-order valence-electron chi connectivity index (χ2n) is 7.59. The second kappa shape index (κ2) is 10.9. The molecule has 7 nitrogen and oxygen atoms in total. The van der Waals surface area contributed by atoms with Crippen molar-refractivity contribution >= 4 is 28.6 Å². The average Bonchev–Trinajstić information content (AvgIpc) is 2.70. The van der Waals surface area contributed by atoms with Crippen molar-refractivity contribution in [3.05, 3.63) is 65.4 Å². The first-order valence-corrected chi connectivity index (χ1v) is 9.92. The van der Waals surface area contributed by atoms with Crippen LogP contribution in [0, 0.1) is 19.8 Å². The van der Waals surface area contributed by atoms with Crippen LogP contribution < -0.4 is 15.8 Å². The molecular formula is C24H27N3O4. The summed E-state index contributed by atoms with van der Waals surface area (Å²) < 4.78 is 6.09. The van der Waals surface area contributed by atoms with Gasteiger partial charge in [0.25, 0.3) is 5.91 Å². The molecule has 1 atom stereocenters. The van der Waals surface area contributed by atoms with Gasteiger partial charge in [-0.2, -0.15) is 9.59 Å². The molecule has 0 saturated carbocycles. The van der Waals surface area contributed by atoms with Gasteiger partial charge in [0.1, 0.15) is 12.4 Å². The fraction of sp³-hybridized carbons (Fsp3) is 0.292. The number of hydrogen-bond donors (Lipinski definition) is 2. The lowest BCUT2D eigenvalue weighted by Crippen LogP contribution is -2.42. The quantitative estimate of drug-likeness (QED) is 0.628. The number of amides is 1. The Hall–Kier alpha value is -3.70. The van der Waals surface area contributed by atoms with Crippen LogP contribution in [0.25, 0.3) is 10.9 Å². The molecule has 31 heavy (non-hydrogen) atoms. The van der Waals surface area contributed by atoms with Gasteiger partial charge in [-0.15, -0.1) is 0 Å². The zero-order chi connectivity index (χ0) is 23.0. The Morgan fingerprint density at radius 1 is 1.13 bits per heavy atom. The van der Waals surface area contributed by atoms with Crippen molar-refractivity contribution in [3.63, 3.8) is 0 Å². The number of aryl methyl sites for hydroxylation is 2. The number of benzene rings is 2. The first-order valence-electron chi connectivity index (χ1n) is 9.92. The molecule has 0 saturated heterocycles. The molecule has 0 bridgehead atoms. The first kappa shape index (κ1) is 23.6. The van der Waals surface area contributed by atoms with Gasteiger partial charge in [0.2, 0.25) is 0 Å². The molecule has 0 fully saturated rings. The van der Waals surface area contributed by atoms with E-state index in [1.165, 1.54) is 0 Å². The fourth-order valence-corrected chi connectivity index (χ4v) is 3.16.